The summed E-state index contributed by atoms with van der Waals surface area (Å²) in [6, 6.07) is 10.5. The lowest BCUT2D eigenvalue weighted by Crippen LogP contribution is -2.40. The van der Waals surface area contributed by atoms with E-state index in [1.807, 2.05) is 18.5 Å². The normalized spacial score (nSPS) is 19.2. The number of esters is 1. The second kappa shape index (κ2) is 10.8. The molecule has 0 radical (unpaired) electrons. The molecule has 1 fully saturated rings. The third-order valence-electron chi connectivity index (χ3n) is 5.63. The molecule has 0 saturated carbocycles. The molecule has 1 aromatic heterocycles. The van der Waals surface area contributed by atoms with Gasteiger partial charge in [0, 0.05) is 38.6 Å². The van der Waals surface area contributed by atoms with Crippen molar-refractivity contribution in [3.8, 4) is 0 Å². The maximum absolute atomic E-state index is 12.0. The number of carbonyl (C=O) groups excluding carboxylic acids is 1. The van der Waals surface area contributed by atoms with Crippen molar-refractivity contribution in [2.45, 2.75) is 39.8 Å². The predicted octanol–water partition coefficient (Wildman–Crippen LogP) is 2.72. The van der Waals surface area contributed by atoms with E-state index in [9.17, 15) is 4.79 Å². The highest BCUT2D eigenvalue weighted by molar-refractivity contribution is 5.82. The van der Waals surface area contributed by atoms with Crippen molar-refractivity contribution in [3.05, 3.63) is 54.1 Å². The lowest BCUT2D eigenvalue weighted by molar-refractivity contribution is -0.145. The van der Waals surface area contributed by atoms with Crippen LogP contribution in [0.3, 0.4) is 0 Å². The van der Waals surface area contributed by atoms with E-state index >= 15 is 0 Å². The zero-order valence-corrected chi connectivity index (χ0v) is 18.3. The van der Waals surface area contributed by atoms with Crippen molar-refractivity contribution in [3.63, 3.8) is 0 Å². The van der Waals surface area contributed by atoms with Gasteiger partial charge >= 0.3 is 5.97 Å². The molecule has 3 rings (SSSR count). The molecule has 0 aliphatic carbocycles. The van der Waals surface area contributed by atoms with E-state index in [0.29, 0.717) is 13.1 Å². The van der Waals surface area contributed by atoms with E-state index in [4.69, 9.17) is 9.73 Å². The van der Waals surface area contributed by atoms with Crippen LogP contribution in [0.25, 0.3) is 0 Å². The van der Waals surface area contributed by atoms with Gasteiger partial charge in [-0.1, -0.05) is 37.3 Å². The number of benzene rings is 1. The van der Waals surface area contributed by atoms with Gasteiger partial charge in [0.1, 0.15) is 12.4 Å². The van der Waals surface area contributed by atoms with E-state index in [2.05, 4.69) is 57.9 Å². The van der Waals surface area contributed by atoms with Gasteiger partial charge < -0.3 is 19.5 Å². The van der Waals surface area contributed by atoms with Gasteiger partial charge in [0.25, 0.3) is 0 Å². The number of aliphatic imine (C=N–C) groups is 1. The number of hydrogen-bond donors (Lipinski definition) is 1. The number of hydrogen-bond acceptors (Lipinski definition) is 4. The van der Waals surface area contributed by atoms with Gasteiger partial charge in [-0.05, 0) is 31.2 Å². The predicted molar refractivity (Wildman–Crippen MR) is 118 cm³/mol. The van der Waals surface area contributed by atoms with Crippen molar-refractivity contribution in [2.75, 3.05) is 26.7 Å². The van der Waals surface area contributed by atoms with E-state index in [1.54, 1.807) is 0 Å². The molecule has 2 heterocycles. The molecule has 2 unspecified atom stereocenters. The number of rotatable bonds is 8. The molecular weight excluding hydrogens is 378 g/mol. The summed E-state index contributed by atoms with van der Waals surface area (Å²) >= 11 is 0. The number of ether oxygens (including phenoxy) is 1. The molecule has 7 nitrogen and oxygen atoms in total. The Hall–Kier alpha value is -2.83. The number of nitrogens with one attached hydrogen (secondary N) is 1. The summed E-state index contributed by atoms with van der Waals surface area (Å²) < 4.78 is 7.14. The molecule has 1 aliphatic heterocycles. The number of methoxy groups -OCH3 is 1. The Morgan fingerprint density at radius 3 is 2.83 bits per heavy atom. The van der Waals surface area contributed by atoms with Gasteiger partial charge in [-0.15, -0.1) is 0 Å². The Labute approximate surface area is 179 Å². The van der Waals surface area contributed by atoms with Crippen LogP contribution < -0.4 is 5.32 Å². The second-order valence-corrected chi connectivity index (χ2v) is 7.81. The van der Waals surface area contributed by atoms with Crippen molar-refractivity contribution in [1.29, 1.82) is 0 Å². The lowest BCUT2D eigenvalue weighted by atomic mass is 9.99. The molecule has 7 heteroatoms. The number of aromatic nitrogens is 2. The highest BCUT2D eigenvalue weighted by atomic mass is 16.5. The van der Waals surface area contributed by atoms with Gasteiger partial charge in [-0.25, -0.2) is 9.98 Å². The van der Waals surface area contributed by atoms with Crippen LogP contribution in [0.2, 0.25) is 0 Å². The third kappa shape index (κ3) is 5.62. The molecule has 1 saturated heterocycles. The fraction of sp³-hybridized carbons (Fsp3) is 0.522. The van der Waals surface area contributed by atoms with Crippen LogP contribution in [0.5, 0.6) is 0 Å². The third-order valence-corrected chi connectivity index (χ3v) is 5.63. The minimum atomic E-state index is -0.144. The largest absolute Gasteiger partial charge is 0.469 e. The van der Waals surface area contributed by atoms with Gasteiger partial charge in [0.05, 0.1) is 13.0 Å². The minimum Gasteiger partial charge on any atom is -0.469 e. The van der Waals surface area contributed by atoms with Gasteiger partial charge in [-0.3, -0.25) is 4.79 Å². The van der Waals surface area contributed by atoms with Gasteiger partial charge in [0.2, 0.25) is 0 Å². The molecule has 1 aliphatic rings. The van der Waals surface area contributed by atoms with Gasteiger partial charge in [-0.2, -0.15) is 0 Å². The zero-order valence-electron chi connectivity index (χ0n) is 18.3. The molecule has 0 bridgehead atoms. The van der Waals surface area contributed by atoms with E-state index in [-0.39, 0.29) is 17.8 Å². The average molecular weight is 412 g/mol. The number of carbonyl (C=O) groups is 1. The first kappa shape index (κ1) is 21.9. The molecule has 2 aromatic rings. The molecule has 1 N–H and O–H groups in total. The van der Waals surface area contributed by atoms with Crippen LogP contribution in [0, 0.1) is 11.8 Å². The quantitative estimate of drug-likeness (QED) is 0.411. The van der Waals surface area contributed by atoms with Crippen LogP contribution in [0.15, 0.2) is 47.7 Å². The number of imidazole rings is 1. The monoisotopic (exact) mass is 411 g/mol. The molecule has 162 valence electrons. The van der Waals surface area contributed by atoms with E-state index < -0.39 is 0 Å². The first-order valence-corrected chi connectivity index (χ1v) is 10.8. The van der Waals surface area contributed by atoms with E-state index in [0.717, 1.165) is 44.3 Å². The van der Waals surface area contributed by atoms with Crippen LogP contribution >= 0.6 is 0 Å². The lowest BCUT2D eigenvalue weighted by Gasteiger charge is -2.21. The van der Waals surface area contributed by atoms with Crippen LogP contribution in [0.4, 0.5) is 0 Å². The maximum Gasteiger partial charge on any atom is 0.310 e. The Morgan fingerprint density at radius 1 is 1.30 bits per heavy atom. The second-order valence-electron chi connectivity index (χ2n) is 7.81. The van der Waals surface area contributed by atoms with Crippen molar-refractivity contribution in [2.24, 2.45) is 16.8 Å². The zero-order chi connectivity index (χ0) is 21.3. The van der Waals surface area contributed by atoms with Crippen molar-refractivity contribution >= 4 is 11.9 Å². The van der Waals surface area contributed by atoms with Crippen LogP contribution in [0.1, 0.15) is 31.7 Å². The Bertz CT molecular complexity index is 833. The molecule has 0 amide bonds. The molecule has 30 heavy (non-hydrogen) atoms. The Balaban J connectivity index is 1.60. The first-order valence-electron chi connectivity index (χ1n) is 10.8. The molecular formula is C23H33N5O2. The number of nitrogens with zero attached hydrogens (tertiary/aromatic N) is 4. The van der Waals surface area contributed by atoms with Crippen molar-refractivity contribution < 1.29 is 9.53 Å². The molecule has 2 atom stereocenters. The summed E-state index contributed by atoms with van der Waals surface area (Å²) in [4.78, 5) is 23.5. The van der Waals surface area contributed by atoms with Gasteiger partial charge in [0.15, 0.2) is 5.96 Å². The Kier molecular flexibility index (Phi) is 7.88. The van der Waals surface area contributed by atoms with Crippen LogP contribution in [-0.2, 0) is 29.0 Å². The summed E-state index contributed by atoms with van der Waals surface area (Å²) in [7, 11) is 1.45. The number of likely N-dealkylation sites (tertiary alicyclic amines) is 1. The average Bonchev–Trinajstić information content (AvgIpc) is 3.37. The maximum atomic E-state index is 12.0. The number of aryl methyl sites for hydroxylation is 2. The smallest absolute Gasteiger partial charge is 0.310 e. The molecule has 0 spiro atoms. The summed E-state index contributed by atoms with van der Waals surface area (Å²) in [6.45, 7) is 7.76. The molecule has 1 aromatic carbocycles. The summed E-state index contributed by atoms with van der Waals surface area (Å²) in [5.41, 5.74) is 1.36. The van der Waals surface area contributed by atoms with Crippen molar-refractivity contribution in [1.82, 2.24) is 19.8 Å². The topological polar surface area (TPSA) is 71.8 Å². The van der Waals surface area contributed by atoms with E-state index in [1.165, 1.54) is 12.7 Å². The highest BCUT2D eigenvalue weighted by Gasteiger charge is 2.36. The van der Waals surface area contributed by atoms with Crippen LogP contribution in [-0.4, -0.2) is 53.1 Å². The SMILES string of the molecule is CCNC(=NCc1nccn1CCCc1ccccc1)N1CC(C)C(C(=O)OC)C1. The summed E-state index contributed by atoms with van der Waals surface area (Å²) in [5, 5.41) is 3.36. The fourth-order valence-electron chi connectivity index (χ4n) is 3.96. The Morgan fingerprint density at radius 2 is 2.10 bits per heavy atom. The summed E-state index contributed by atoms with van der Waals surface area (Å²) in [5.74, 6) is 1.76. The first-order chi connectivity index (χ1) is 14.6. The summed E-state index contributed by atoms with van der Waals surface area (Å²) in [6.07, 6.45) is 5.96. The standard InChI is InChI=1S/C23H33N5O2/c1-4-24-23(28-16-18(2)20(17-28)22(29)30-3)26-15-21-25-12-14-27(21)13-8-11-19-9-6-5-7-10-19/h5-7,9-10,12,14,18,20H,4,8,11,13,15-17H2,1-3H3,(H,24,26). The highest BCUT2D eigenvalue weighted by Crippen LogP contribution is 2.24. The number of guanidine groups is 1. The fourth-order valence-corrected chi connectivity index (χ4v) is 3.96. The minimum absolute atomic E-state index is 0.112.